The average Bonchev–Trinajstić information content (AvgIpc) is 2.93. The Morgan fingerprint density at radius 3 is 2.76 bits per heavy atom. The molecule has 1 aliphatic rings. The molecule has 0 radical (unpaired) electrons. The van der Waals surface area contributed by atoms with Crippen molar-refractivity contribution in [3.05, 3.63) is 17.8 Å². The van der Waals surface area contributed by atoms with Crippen molar-refractivity contribution in [2.24, 2.45) is 11.3 Å². The Hall–Kier alpha value is -1.69. The number of methoxy groups -OCH3 is 1. The third-order valence-electron chi connectivity index (χ3n) is 3.67. The Bertz CT molecular complexity index is 482. The maximum absolute atomic E-state index is 12.1. The number of nitrogens with zero attached hydrogens (tertiary/aromatic N) is 2. The summed E-state index contributed by atoms with van der Waals surface area (Å²) < 4.78 is 10.7. The number of nitrogens with one attached hydrogen (secondary N) is 1. The first-order valence-electron chi connectivity index (χ1n) is 7.19. The molecule has 116 valence electrons. The van der Waals surface area contributed by atoms with Crippen LogP contribution in [-0.2, 0) is 4.74 Å². The second-order valence-corrected chi connectivity index (χ2v) is 6.38. The SMILES string of the molecule is COc1ccc(C(=O)NC[C@H]2CCO[C@@H]2C(C)(C)C)nn1. The van der Waals surface area contributed by atoms with E-state index in [2.05, 4.69) is 36.3 Å². The highest BCUT2D eigenvalue weighted by atomic mass is 16.5. The van der Waals surface area contributed by atoms with Gasteiger partial charge in [0.25, 0.3) is 5.91 Å². The topological polar surface area (TPSA) is 73.3 Å². The monoisotopic (exact) mass is 293 g/mol. The molecule has 2 atom stereocenters. The van der Waals surface area contributed by atoms with Crippen LogP contribution in [0.5, 0.6) is 5.88 Å². The third kappa shape index (κ3) is 3.91. The third-order valence-corrected chi connectivity index (χ3v) is 3.67. The molecule has 1 aromatic heterocycles. The zero-order valence-corrected chi connectivity index (χ0v) is 13.0. The van der Waals surface area contributed by atoms with E-state index in [1.807, 2.05) is 0 Å². The fraction of sp³-hybridized carbons (Fsp3) is 0.667. The van der Waals surface area contributed by atoms with Gasteiger partial charge in [-0.05, 0) is 17.9 Å². The summed E-state index contributed by atoms with van der Waals surface area (Å²) in [4.78, 5) is 12.1. The van der Waals surface area contributed by atoms with Gasteiger partial charge >= 0.3 is 0 Å². The molecule has 1 saturated heterocycles. The number of ether oxygens (including phenoxy) is 2. The van der Waals surface area contributed by atoms with Crippen LogP contribution in [0.15, 0.2) is 12.1 Å². The van der Waals surface area contributed by atoms with E-state index in [1.54, 1.807) is 12.1 Å². The van der Waals surface area contributed by atoms with E-state index >= 15 is 0 Å². The second kappa shape index (κ2) is 6.39. The fourth-order valence-electron chi connectivity index (χ4n) is 2.66. The molecule has 0 bridgehead atoms. The smallest absolute Gasteiger partial charge is 0.271 e. The summed E-state index contributed by atoms with van der Waals surface area (Å²) in [5.74, 6) is 0.508. The van der Waals surface area contributed by atoms with Gasteiger partial charge in [0, 0.05) is 25.1 Å². The van der Waals surface area contributed by atoms with Crippen LogP contribution in [0.1, 0.15) is 37.7 Å². The number of rotatable bonds is 4. The number of hydrogen-bond donors (Lipinski definition) is 1. The minimum absolute atomic E-state index is 0.0752. The van der Waals surface area contributed by atoms with Gasteiger partial charge in [-0.1, -0.05) is 20.8 Å². The summed E-state index contributed by atoms with van der Waals surface area (Å²) in [7, 11) is 1.51. The number of carbonyl (C=O) groups is 1. The van der Waals surface area contributed by atoms with Gasteiger partial charge in [0.1, 0.15) is 0 Å². The first-order valence-corrected chi connectivity index (χ1v) is 7.19. The van der Waals surface area contributed by atoms with Gasteiger partial charge < -0.3 is 14.8 Å². The van der Waals surface area contributed by atoms with Gasteiger partial charge in [0.15, 0.2) is 5.69 Å². The predicted octanol–water partition coefficient (Wildman–Crippen LogP) is 1.67. The van der Waals surface area contributed by atoms with E-state index in [-0.39, 0.29) is 17.4 Å². The molecule has 0 aromatic carbocycles. The van der Waals surface area contributed by atoms with E-state index in [0.717, 1.165) is 13.0 Å². The standard InChI is InChI=1S/C15H23N3O3/c1-15(2,3)13-10(7-8-21-13)9-16-14(19)11-5-6-12(20-4)18-17-11/h5-6,10,13H,7-9H2,1-4H3,(H,16,19)/t10-,13+/m1/s1. The highest BCUT2D eigenvalue weighted by molar-refractivity contribution is 5.92. The maximum Gasteiger partial charge on any atom is 0.271 e. The Kier molecular flexibility index (Phi) is 4.77. The van der Waals surface area contributed by atoms with Gasteiger partial charge in [0.05, 0.1) is 13.2 Å². The molecule has 6 heteroatoms. The van der Waals surface area contributed by atoms with E-state index < -0.39 is 0 Å². The van der Waals surface area contributed by atoms with Crippen LogP contribution in [0.3, 0.4) is 0 Å². The molecule has 0 spiro atoms. The number of amides is 1. The Labute approximate surface area is 125 Å². The van der Waals surface area contributed by atoms with Gasteiger partial charge in [0.2, 0.25) is 5.88 Å². The minimum atomic E-state index is -0.218. The summed E-state index contributed by atoms with van der Waals surface area (Å²) in [6.07, 6.45) is 1.14. The molecule has 1 amide bonds. The fourth-order valence-corrected chi connectivity index (χ4v) is 2.66. The van der Waals surface area contributed by atoms with Gasteiger partial charge in [-0.3, -0.25) is 4.79 Å². The molecular formula is C15H23N3O3. The van der Waals surface area contributed by atoms with Crippen LogP contribution in [0.25, 0.3) is 0 Å². The Balaban J connectivity index is 1.91. The van der Waals surface area contributed by atoms with Gasteiger partial charge in [-0.15, -0.1) is 10.2 Å². The summed E-state index contributed by atoms with van der Waals surface area (Å²) in [6.45, 7) is 7.82. The summed E-state index contributed by atoms with van der Waals surface area (Å²) in [6, 6.07) is 3.23. The van der Waals surface area contributed by atoms with E-state index in [9.17, 15) is 4.79 Å². The molecule has 0 aliphatic carbocycles. The lowest BCUT2D eigenvalue weighted by Crippen LogP contribution is -2.38. The number of aromatic nitrogens is 2. The van der Waals surface area contributed by atoms with Gasteiger partial charge in [-0.25, -0.2) is 0 Å². The quantitative estimate of drug-likeness (QED) is 0.914. The molecule has 0 saturated carbocycles. The lowest BCUT2D eigenvalue weighted by molar-refractivity contribution is 0.00736. The summed E-state index contributed by atoms with van der Waals surface area (Å²) in [5.41, 5.74) is 0.369. The zero-order chi connectivity index (χ0) is 15.5. The van der Waals surface area contributed by atoms with Gasteiger partial charge in [-0.2, -0.15) is 0 Å². The maximum atomic E-state index is 12.1. The Morgan fingerprint density at radius 1 is 1.43 bits per heavy atom. The number of carbonyl (C=O) groups excluding carboxylic acids is 1. The molecule has 21 heavy (non-hydrogen) atoms. The normalized spacial score (nSPS) is 22.1. The van der Waals surface area contributed by atoms with Crippen molar-refractivity contribution >= 4 is 5.91 Å². The molecule has 6 nitrogen and oxygen atoms in total. The van der Waals surface area contributed by atoms with E-state index in [0.29, 0.717) is 24.0 Å². The van der Waals surface area contributed by atoms with Crippen molar-refractivity contribution in [1.29, 1.82) is 0 Å². The van der Waals surface area contributed by atoms with Crippen molar-refractivity contribution in [2.45, 2.75) is 33.3 Å². The largest absolute Gasteiger partial charge is 0.480 e. The van der Waals surface area contributed by atoms with Crippen LogP contribution < -0.4 is 10.1 Å². The van der Waals surface area contributed by atoms with Crippen molar-refractivity contribution in [3.63, 3.8) is 0 Å². The van der Waals surface area contributed by atoms with Crippen LogP contribution in [0.2, 0.25) is 0 Å². The predicted molar refractivity (Wildman–Crippen MR) is 78.2 cm³/mol. The van der Waals surface area contributed by atoms with Crippen molar-refractivity contribution in [3.8, 4) is 5.88 Å². The summed E-state index contributed by atoms with van der Waals surface area (Å²) in [5, 5.41) is 10.6. The van der Waals surface area contributed by atoms with Crippen molar-refractivity contribution in [2.75, 3.05) is 20.3 Å². The van der Waals surface area contributed by atoms with Crippen LogP contribution in [0.4, 0.5) is 0 Å². The first kappa shape index (κ1) is 15.7. The minimum Gasteiger partial charge on any atom is -0.480 e. The molecular weight excluding hydrogens is 270 g/mol. The van der Waals surface area contributed by atoms with Crippen molar-refractivity contribution < 1.29 is 14.3 Å². The lowest BCUT2D eigenvalue weighted by Gasteiger charge is -2.31. The Morgan fingerprint density at radius 2 is 2.19 bits per heavy atom. The highest BCUT2D eigenvalue weighted by Gasteiger charge is 2.37. The lowest BCUT2D eigenvalue weighted by atomic mass is 9.81. The van der Waals surface area contributed by atoms with Crippen LogP contribution >= 0.6 is 0 Å². The molecule has 1 fully saturated rings. The second-order valence-electron chi connectivity index (χ2n) is 6.38. The highest BCUT2D eigenvalue weighted by Crippen LogP contribution is 2.34. The zero-order valence-electron chi connectivity index (χ0n) is 13.0. The van der Waals surface area contributed by atoms with E-state index in [1.165, 1.54) is 7.11 Å². The average molecular weight is 293 g/mol. The molecule has 0 unspecified atom stereocenters. The summed E-state index contributed by atoms with van der Waals surface area (Å²) >= 11 is 0. The molecule has 1 N–H and O–H groups in total. The molecule has 2 heterocycles. The molecule has 1 aromatic rings. The molecule has 2 rings (SSSR count). The van der Waals surface area contributed by atoms with Crippen LogP contribution in [0, 0.1) is 11.3 Å². The molecule has 1 aliphatic heterocycles. The van der Waals surface area contributed by atoms with Crippen LogP contribution in [-0.4, -0.2) is 42.5 Å². The number of hydrogen-bond acceptors (Lipinski definition) is 5. The first-order chi connectivity index (χ1) is 9.91. The van der Waals surface area contributed by atoms with Crippen molar-refractivity contribution in [1.82, 2.24) is 15.5 Å². The van der Waals surface area contributed by atoms with E-state index in [4.69, 9.17) is 9.47 Å².